The van der Waals surface area contributed by atoms with Crippen LogP contribution in [0, 0.1) is 17.0 Å². The number of carbonyl (C=O) groups is 1. The molecule has 0 radical (unpaired) electrons. The second kappa shape index (κ2) is 10.2. The van der Waals surface area contributed by atoms with Gasteiger partial charge in [0.05, 0.1) is 22.9 Å². The number of non-ortho nitro benzene ring substituents is 1. The third-order valence-electron chi connectivity index (χ3n) is 4.72. The number of benzene rings is 2. The standard InChI is InChI=1S/C21H27N3O5S/c1-4-20(17-12-10-16(2)11-13-17)22-21(25)9-6-14-23(30(3,28)29)18-7-5-8-19(15-18)24(26)27/h5,7-8,10-13,15,20H,4,6,9,14H2,1-3H3,(H,22,25). The SMILES string of the molecule is CCC(NC(=O)CCCN(c1cccc([N+](=O)[O-])c1)S(C)(=O)=O)c1ccc(C)cc1. The molecule has 0 bridgehead atoms. The van der Waals surface area contributed by atoms with E-state index in [1.165, 1.54) is 24.3 Å². The molecule has 1 amide bonds. The molecule has 2 aromatic carbocycles. The molecular weight excluding hydrogens is 406 g/mol. The van der Waals surface area contributed by atoms with Crippen molar-refractivity contribution in [1.29, 1.82) is 0 Å². The molecular formula is C21H27N3O5S. The highest BCUT2D eigenvalue weighted by molar-refractivity contribution is 7.92. The van der Waals surface area contributed by atoms with E-state index < -0.39 is 14.9 Å². The fourth-order valence-corrected chi connectivity index (χ4v) is 4.07. The molecule has 0 spiro atoms. The summed E-state index contributed by atoms with van der Waals surface area (Å²) in [5, 5.41) is 14.0. The van der Waals surface area contributed by atoms with Crippen LogP contribution in [-0.2, 0) is 14.8 Å². The Kier molecular flexibility index (Phi) is 7.93. The average Bonchev–Trinajstić information content (AvgIpc) is 2.69. The number of nitro benzene ring substituents is 1. The first-order valence-electron chi connectivity index (χ1n) is 9.70. The first-order chi connectivity index (χ1) is 14.1. The molecule has 0 aromatic heterocycles. The number of carbonyl (C=O) groups excluding carboxylic acids is 1. The fraction of sp³-hybridized carbons (Fsp3) is 0.381. The third kappa shape index (κ3) is 6.55. The number of sulfonamides is 1. The van der Waals surface area contributed by atoms with Crippen LogP contribution < -0.4 is 9.62 Å². The molecule has 8 nitrogen and oxygen atoms in total. The van der Waals surface area contributed by atoms with Crippen LogP contribution in [0.3, 0.4) is 0 Å². The minimum atomic E-state index is -3.65. The summed E-state index contributed by atoms with van der Waals surface area (Å²) in [5.74, 6) is -0.171. The molecule has 0 aliphatic heterocycles. The van der Waals surface area contributed by atoms with Gasteiger partial charge in [-0.15, -0.1) is 0 Å². The van der Waals surface area contributed by atoms with Crippen molar-refractivity contribution < 1.29 is 18.1 Å². The normalized spacial score (nSPS) is 12.2. The van der Waals surface area contributed by atoms with E-state index in [1.54, 1.807) is 0 Å². The Bertz CT molecular complexity index is 990. The molecule has 0 fully saturated rings. The number of aryl methyl sites for hydroxylation is 1. The zero-order valence-electron chi connectivity index (χ0n) is 17.4. The Balaban J connectivity index is 2.01. The Morgan fingerprint density at radius 2 is 1.87 bits per heavy atom. The van der Waals surface area contributed by atoms with E-state index in [-0.39, 0.29) is 42.7 Å². The Morgan fingerprint density at radius 1 is 1.20 bits per heavy atom. The second-order valence-electron chi connectivity index (χ2n) is 7.15. The van der Waals surface area contributed by atoms with E-state index in [2.05, 4.69) is 5.32 Å². The van der Waals surface area contributed by atoms with E-state index in [9.17, 15) is 23.3 Å². The van der Waals surface area contributed by atoms with Crippen LogP contribution in [0.25, 0.3) is 0 Å². The Labute approximate surface area is 177 Å². The van der Waals surface area contributed by atoms with Gasteiger partial charge in [-0.1, -0.05) is 42.8 Å². The van der Waals surface area contributed by atoms with Crippen molar-refractivity contribution >= 4 is 27.3 Å². The van der Waals surface area contributed by atoms with E-state index in [0.29, 0.717) is 0 Å². The van der Waals surface area contributed by atoms with Gasteiger partial charge in [-0.05, 0) is 31.4 Å². The van der Waals surface area contributed by atoms with E-state index in [1.807, 2.05) is 38.1 Å². The van der Waals surface area contributed by atoms with Crippen LogP contribution in [-0.4, -0.2) is 32.0 Å². The summed E-state index contributed by atoms with van der Waals surface area (Å²) in [6.45, 7) is 4.03. The lowest BCUT2D eigenvalue weighted by Crippen LogP contribution is -2.33. The maximum absolute atomic E-state index is 12.4. The van der Waals surface area contributed by atoms with Gasteiger partial charge in [0.15, 0.2) is 0 Å². The summed E-state index contributed by atoms with van der Waals surface area (Å²) >= 11 is 0. The van der Waals surface area contributed by atoms with Crippen LogP contribution in [0.4, 0.5) is 11.4 Å². The maximum atomic E-state index is 12.4. The molecule has 2 aromatic rings. The van der Waals surface area contributed by atoms with Gasteiger partial charge in [-0.3, -0.25) is 19.2 Å². The van der Waals surface area contributed by atoms with Crippen molar-refractivity contribution in [2.45, 2.75) is 39.2 Å². The maximum Gasteiger partial charge on any atom is 0.271 e. The predicted molar refractivity (Wildman–Crippen MR) is 117 cm³/mol. The second-order valence-corrected chi connectivity index (χ2v) is 9.06. The molecule has 0 heterocycles. The van der Waals surface area contributed by atoms with Crippen LogP contribution in [0.1, 0.15) is 43.4 Å². The van der Waals surface area contributed by atoms with Crippen LogP contribution in [0.15, 0.2) is 48.5 Å². The molecule has 1 unspecified atom stereocenters. The number of nitro groups is 1. The Morgan fingerprint density at radius 3 is 2.43 bits per heavy atom. The zero-order chi connectivity index (χ0) is 22.3. The van der Waals surface area contributed by atoms with E-state index in [4.69, 9.17) is 0 Å². The van der Waals surface area contributed by atoms with Crippen LogP contribution in [0.5, 0.6) is 0 Å². The molecule has 0 aliphatic rings. The molecule has 2 rings (SSSR count). The number of nitrogens with one attached hydrogen (secondary N) is 1. The van der Waals surface area contributed by atoms with Crippen molar-refractivity contribution in [2.75, 3.05) is 17.1 Å². The number of rotatable bonds is 10. The van der Waals surface area contributed by atoms with Crippen molar-refractivity contribution in [2.24, 2.45) is 0 Å². The molecule has 9 heteroatoms. The lowest BCUT2D eigenvalue weighted by molar-refractivity contribution is -0.384. The molecule has 1 atom stereocenters. The number of hydrogen-bond acceptors (Lipinski definition) is 5. The zero-order valence-corrected chi connectivity index (χ0v) is 18.2. The molecule has 30 heavy (non-hydrogen) atoms. The van der Waals surface area contributed by atoms with Crippen LogP contribution in [0.2, 0.25) is 0 Å². The topological polar surface area (TPSA) is 110 Å². The molecule has 0 saturated carbocycles. The summed E-state index contributed by atoms with van der Waals surface area (Å²) in [6, 6.07) is 13.3. The lowest BCUT2D eigenvalue weighted by atomic mass is 10.0. The Hall–Kier alpha value is -2.94. The van der Waals surface area contributed by atoms with E-state index >= 15 is 0 Å². The first-order valence-corrected chi connectivity index (χ1v) is 11.5. The molecule has 162 valence electrons. The van der Waals surface area contributed by atoms with Gasteiger partial charge in [0.1, 0.15) is 0 Å². The number of hydrogen-bond donors (Lipinski definition) is 1. The van der Waals surface area contributed by atoms with Gasteiger partial charge in [-0.2, -0.15) is 0 Å². The van der Waals surface area contributed by atoms with Crippen molar-refractivity contribution in [3.63, 3.8) is 0 Å². The van der Waals surface area contributed by atoms with Gasteiger partial charge in [-0.25, -0.2) is 8.42 Å². The minimum Gasteiger partial charge on any atom is -0.349 e. The van der Waals surface area contributed by atoms with E-state index in [0.717, 1.165) is 28.1 Å². The summed E-state index contributed by atoms with van der Waals surface area (Å²) in [4.78, 5) is 22.8. The van der Waals surface area contributed by atoms with Crippen molar-refractivity contribution in [3.05, 3.63) is 69.8 Å². The molecule has 0 saturated heterocycles. The van der Waals surface area contributed by atoms with Gasteiger partial charge >= 0.3 is 0 Å². The first kappa shape index (κ1) is 23.3. The van der Waals surface area contributed by atoms with Gasteiger partial charge in [0, 0.05) is 25.1 Å². The fourth-order valence-electron chi connectivity index (χ4n) is 3.12. The van der Waals surface area contributed by atoms with Gasteiger partial charge < -0.3 is 5.32 Å². The molecule has 1 N–H and O–H groups in total. The highest BCUT2D eigenvalue weighted by Gasteiger charge is 2.20. The summed E-state index contributed by atoms with van der Waals surface area (Å²) in [5.41, 5.74) is 2.17. The van der Waals surface area contributed by atoms with Crippen molar-refractivity contribution in [1.82, 2.24) is 5.32 Å². The quantitative estimate of drug-likeness (QED) is 0.454. The number of nitrogens with zero attached hydrogens (tertiary/aromatic N) is 2. The number of anilines is 1. The number of amides is 1. The van der Waals surface area contributed by atoms with Gasteiger partial charge in [0.25, 0.3) is 5.69 Å². The summed E-state index contributed by atoms with van der Waals surface area (Å²) in [6.07, 6.45) is 2.20. The largest absolute Gasteiger partial charge is 0.349 e. The van der Waals surface area contributed by atoms with Gasteiger partial charge in [0.2, 0.25) is 15.9 Å². The minimum absolute atomic E-state index is 0.0503. The average molecular weight is 434 g/mol. The smallest absolute Gasteiger partial charge is 0.271 e. The summed E-state index contributed by atoms with van der Waals surface area (Å²) < 4.78 is 25.4. The monoisotopic (exact) mass is 433 g/mol. The highest BCUT2D eigenvalue weighted by Crippen LogP contribution is 2.24. The highest BCUT2D eigenvalue weighted by atomic mass is 32.2. The molecule has 0 aliphatic carbocycles. The third-order valence-corrected chi connectivity index (χ3v) is 5.91. The van der Waals surface area contributed by atoms with Crippen molar-refractivity contribution in [3.8, 4) is 0 Å². The predicted octanol–water partition coefficient (Wildman–Crippen LogP) is 3.72. The lowest BCUT2D eigenvalue weighted by Gasteiger charge is -2.22. The van der Waals surface area contributed by atoms with Crippen LogP contribution >= 0.6 is 0 Å². The summed E-state index contributed by atoms with van der Waals surface area (Å²) in [7, 11) is -3.65.